The highest BCUT2D eigenvalue weighted by Gasteiger charge is 2.08. The first-order valence-corrected chi connectivity index (χ1v) is 8.95. The second-order valence-electron chi connectivity index (χ2n) is 6.56. The number of rotatable bonds is 7. The molecule has 0 bridgehead atoms. The first-order chi connectivity index (χ1) is 12.1. The fourth-order valence-corrected chi connectivity index (χ4v) is 3.21. The van der Waals surface area contributed by atoms with Crippen molar-refractivity contribution in [3.8, 4) is 0 Å². The lowest BCUT2D eigenvalue weighted by atomic mass is 10.1. The van der Waals surface area contributed by atoms with Crippen LogP contribution in [0.3, 0.4) is 0 Å². The third-order valence-corrected chi connectivity index (χ3v) is 4.55. The molecule has 0 saturated carbocycles. The first kappa shape index (κ1) is 17.4. The van der Waals surface area contributed by atoms with Gasteiger partial charge in [0.1, 0.15) is 12.1 Å². The second kappa shape index (κ2) is 7.66. The summed E-state index contributed by atoms with van der Waals surface area (Å²) in [5.41, 5.74) is 4.91. The molecule has 3 aromatic rings. The van der Waals surface area contributed by atoms with Crippen LogP contribution in [-0.2, 0) is 19.5 Å². The highest BCUT2D eigenvalue weighted by molar-refractivity contribution is 5.80. The molecule has 0 aliphatic carbocycles. The summed E-state index contributed by atoms with van der Waals surface area (Å²) in [6.45, 7) is 8.90. The maximum Gasteiger partial charge on any atom is 0.336 e. The molecule has 0 aliphatic heterocycles. The van der Waals surface area contributed by atoms with Gasteiger partial charge in [0.25, 0.3) is 0 Å². The number of fused-ring (bicyclic) bond motifs is 1. The summed E-state index contributed by atoms with van der Waals surface area (Å²) in [6, 6.07) is 9.86. The van der Waals surface area contributed by atoms with Crippen molar-refractivity contribution in [1.82, 2.24) is 9.78 Å². The molecule has 0 atom stereocenters. The molecule has 3 rings (SSSR count). The Balaban J connectivity index is 1.61. The Morgan fingerprint density at radius 1 is 1.20 bits per heavy atom. The summed E-state index contributed by atoms with van der Waals surface area (Å²) in [5, 5.41) is 7.76. The van der Waals surface area contributed by atoms with E-state index in [1.807, 2.05) is 13.0 Å². The molecule has 0 amide bonds. The van der Waals surface area contributed by atoms with E-state index in [9.17, 15) is 4.79 Å². The lowest BCUT2D eigenvalue weighted by Gasteiger charge is -2.07. The molecule has 1 aromatic carbocycles. The summed E-state index contributed by atoms with van der Waals surface area (Å²) in [6.07, 6.45) is 1.98. The third kappa shape index (κ3) is 4.17. The van der Waals surface area contributed by atoms with Gasteiger partial charge in [0.15, 0.2) is 0 Å². The monoisotopic (exact) mass is 340 g/mol. The Bertz CT molecular complexity index is 924. The quantitative estimate of drug-likeness (QED) is 0.530. The molecule has 0 radical (unpaired) electrons. The molecular formula is C20H26N3O2+. The van der Waals surface area contributed by atoms with Crippen molar-refractivity contribution in [3.63, 3.8) is 0 Å². The fraction of sp³-hybridized carbons (Fsp3) is 0.400. The maximum atomic E-state index is 11.8. The Labute approximate surface area is 147 Å². The van der Waals surface area contributed by atoms with Gasteiger partial charge in [-0.3, -0.25) is 4.68 Å². The van der Waals surface area contributed by atoms with Gasteiger partial charge in [-0.25, -0.2) is 4.79 Å². The van der Waals surface area contributed by atoms with E-state index in [1.54, 1.807) is 6.07 Å². The minimum Gasteiger partial charge on any atom is -0.423 e. The molecular weight excluding hydrogens is 314 g/mol. The smallest absolute Gasteiger partial charge is 0.336 e. The minimum atomic E-state index is -0.271. The normalized spacial score (nSPS) is 11.3. The van der Waals surface area contributed by atoms with E-state index in [4.69, 9.17) is 4.42 Å². The van der Waals surface area contributed by atoms with Gasteiger partial charge < -0.3 is 9.73 Å². The average molecular weight is 340 g/mol. The number of benzene rings is 1. The van der Waals surface area contributed by atoms with Crippen LogP contribution >= 0.6 is 0 Å². The molecule has 0 fully saturated rings. The standard InChI is InChI=1S/C20H25N3O2/c1-4-16-6-7-18-17(12-20(24)25-19(18)11-16)13-21-8-5-9-23-15(3)10-14(2)22-23/h6-7,10-12,21H,4-5,8-9,13H2,1-3H3/p+1. The van der Waals surface area contributed by atoms with Gasteiger partial charge in [0.2, 0.25) is 0 Å². The van der Waals surface area contributed by atoms with Crippen molar-refractivity contribution in [2.24, 2.45) is 0 Å². The zero-order valence-electron chi connectivity index (χ0n) is 15.2. The number of hydrogen-bond acceptors (Lipinski definition) is 3. The predicted octanol–water partition coefficient (Wildman–Crippen LogP) is 2.32. The Morgan fingerprint density at radius 2 is 2.04 bits per heavy atom. The van der Waals surface area contributed by atoms with Crippen LogP contribution < -0.4 is 10.9 Å². The van der Waals surface area contributed by atoms with Crippen molar-refractivity contribution in [3.05, 3.63) is 63.3 Å². The molecule has 132 valence electrons. The van der Waals surface area contributed by atoms with Gasteiger partial charge in [-0.2, -0.15) is 5.10 Å². The molecule has 2 N–H and O–H groups in total. The predicted molar refractivity (Wildman–Crippen MR) is 98.7 cm³/mol. The van der Waals surface area contributed by atoms with Crippen LogP contribution in [0, 0.1) is 13.8 Å². The lowest BCUT2D eigenvalue weighted by molar-refractivity contribution is -0.670. The number of quaternary nitrogens is 1. The van der Waals surface area contributed by atoms with E-state index in [0.717, 1.165) is 49.1 Å². The van der Waals surface area contributed by atoms with Gasteiger partial charge in [-0.1, -0.05) is 19.1 Å². The summed E-state index contributed by atoms with van der Waals surface area (Å²) in [7, 11) is 0. The molecule has 25 heavy (non-hydrogen) atoms. The number of aryl methyl sites for hydroxylation is 4. The van der Waals surface area contributed by atoms with Crippen LogP contribution in [-0.4, -0.2) is 16.3 Å². The van der Waals surface area contributed by atoms with E-state index < -0.39 is 0 Å². The molecule has 0 unspecified atom stereocenters. The Kier molecular flexibility index (Phi) is 5.34. The summed E-state index contributed by atoms with van der Waals surface area (Å²) < 4.78 is 7.42. The fourth-order valence-electron chi connectivity index (χ4n) is 3.21. The molecule has 0 saturated heterocycles. The molecule has 0 aliphatic rings. The van der Waals surface area contributed by atoms with E-state index in [0.29, 0.717) is 5.58 Å². The van der Waals surface area contributed by atoms with Gasteiger partial charge in [0, 0.05) is 35.7 Å². The van der Waals surface area contributed by atoms with Gasteiger partial charge in [-0.05, 0) is 38.0 Å². The van der Waals surface area contributed by atoms with E-state index in [-0.39, 0.29) is 5.63 Å². The Morgan fingerprint density at radius 3 is 2.76 bits per heavy atom. The number of hydrogen-bond donors (Lipinski definition) is 1. The van der Waals surface area contributed by atoms with Gasteiger partial charge >= 0.3 is 5.63 Å². The topological polar surface area (TPSA) is 64.6 Å². The van der Waals surface area contributed by atoms with Crippen molar-refractivity contribution in [1.29, 1.82) is 0 Å². The zero-order valence-corrected chi connectivity index (χ0v) is 15.2. The van der Waals surface area contributed by atoms with E-state index >= 15 is 0 Å². The van der Waals surface area contributed by atoms with Crippen LogP contribution in [0.4, 0.5) is 0 Å². The van der Waals surface area contributed by atoms with Gasteiger partial charge in [0.05, 0.1) is 12.2 Å². The van der Waals surface area contributed by atoms with Crippen molar-refractivity contribution >= 4 is 11.0 Å². The zero-order chi connectivity index (χ0) is 17.8. The summed E-state index contributed by atoms with van der Waals surface area (Å²) in [5.74, 6) is 0. The SMILES string of the molecule is CCc1ccc2c(C[NH2+]CCCn3nc(C)cc3C)cc(=O)oc2c1. The van der Waals surface area contributed by atoms with Crippen LogP contribution in [0.5, 0.6) is 0 Å². The van der Waals surface area contributed by atoms with Crippen LogP contribution in [0.1, 0.15) is 35.9 Å². The summed E-state index contributed by atoms with van der Waals surface area (Å²) in [4.78, 5) is 11.8. The maximum absolute atomic E-state index is 11.8. The van der Waals surface area contributed by atoms with E-state index in [2.05, 4.69) is 47.1 Å². The van der Waals surface area contributed by atoms with Crippen molar-refractivity contribution < 1.29 is 9.73 Å². The molecule has 5 nitrogen and oxygen atoms in total. The highest BCUT2D eigenvalue weighted by Crippen LogP contribution is 2.18. The van der Waals surface area contributed by atoms with Crippen molar-refractivity contribution in [2.45, 2.75) is 46.7 Å². The van der Waals surface area contributed by atoms with Gasteiger partial charge in [-0.15, -0.1) is 0 Å². The van der Waals surface area contributed by atoms with Crippen LogP contribution in [0.2, 0.25) is 0 Å². The van der Waals surface area contributed by atoms with Crippen molar-refractivity contribution in [2.75, 3.05) is 6.54 Å². The summed E-state index contributed by atoms with van der Waals surface area (Å²) >= 11 is 0. The molecule has 2 heterocycles. The van der Waals surface area contributed by atoms with E-state index in [1.165, 1.54) is 11.3 Å². The first-order valence-electron chi connectivity index (χ1n) is 8.95. The lowest BCUT2D eigenvalue weighted by Crippen LogP contribution is -2.82. The Hall–Kier alpha value is -2.40. The van der Waals surface area contributed by atoms with Crippen LogP contribution in [0.25, 0.3) is 11.0 Å². The second-order valence-corrected chi connectivity index (χ2v) is 6.56. The van der Waals surface area contributed by atoms with Crippen LogP contribution in [0.15, 0.2) is 39.5 Å². The molecule has 2 aromatic heterocycles. The minimum absolute atomic E-state index is 0.271. The number of nitrogens with zero attached hydrogens (tertiary/aromatic N) is 2. The third-order valence-electron chi connectivity index (χ3n) is 4.55. The molecule has 0 spiro atoms. The largest absolute Gasteiger partial charge is 0.423 e. The number of aromatic nitrogens is 2. The average Bonchev–Trinajstić information content (AvgIpc) is 2.91. The number of nitrogens with two attached hydrogens (primary N) is 1. The highest BCUT2D eigenvalue weighted by atomic mass is 16.4. The molecule has 5 heteroatoms.